The van der Waals surface area contributed by atoms with E-state index in [4.69, 9.17) is 23.2 Å². The number of nitrogens with zero attached hydrogens (tertiary/aromatic N) is 2. The Balaban J connectivity index is 1.80. The van der Waals surface area contributed by atoms with Crippen LogP contribution < -0.4 is 4.90 Å². The lowest BCUT2D eigenvalue weighted by Gasteiger charge is -2.21. The summed E-state index contributed by atoms with van der Waals surface area (Å²) < 4.78 is 0. The SMILES string of the molecule is CN(Cc1ccccc1)C1=C(c2ccc(Cl)cc2)C(=O)N(c2cccc(Cl)c2)C1=O. The molecule has 30 heavy (non-hydrogen) atoms. The van der Waals surface area contributed by atoms with Crippen molar-refractivity contribution >= 4 is 46.3 Å². The summed E-state index contributed by atoms with van der Waals surface area (Å²) in [7, 11) is 1.81. The molecule has 0 saturated carbocycles. The second kappa shape index (κ2) is 8.34. The Kier molecular flexibility index (Phi) is 5.62. The number of likely N-dealkylation sites (N-methyl/N-ethyl adjacent to an activating group) is 1. The fraction of sp³-hybridized carbons (Fsp3) is 0.0833. The summed E-state index contributed by atoms with van der Waals surface area (Å²) in [6.07, 6.45) is 0. The standard InChI is InChI=1S/C24H18Cl2N2O2/c1-27(15-16-6-3-2-4-7-16)22-21(17-10-12-18(25)13-11-17)23(29)28(24(22)30)20-9-5-8-19(26)14-20/h2-14H,15H2,1H3. The Labute approximate surface area is 184 Å². The molecule has 1 aliphatic heterocycles. The van der Waals surface area contributed by atoms with Crippen LogP contribution in [0.1, 0.15) is 11.1 Å². The average Bonchev–Trinajstić information content (AvgIpc) is 2.99. The van der Waals surface area contributed by atoms with Gasteiger partial charge in [-0.1, -0.05) is 71.7 Å². The van der Waals surface area contributed by atoms with Crippen molar-refractivity contribution < 1.29 is 9.59 Å². The fourth-order valence-electron chi connectivity index (χ4n) is 3.54. The number of halogens is 2. The largest absolute Gasteiger partial charge is 0.365 e. The van der Waals surface area contributed by atoms with Gasteiger partial charge in [-0.25, -0.2) is 4.90 Å². The number of hydrogen-bond donors (Lipinski definition) is 0. The zero-order chi connectivity index (χ0) is 21.3. The number of rotatable bonds is 5. The molecule has 0 atom stereocenters. The van der Waals surface area contributed by atoms with Crippen LogP contribution in [0.15, 0.2) is 84.6 Å². The monoisotopic (exact) mass is 436 g/mol. The molecule has 3 aromatic carbocycles. The number of imide groups is 1. The Morgan fingerprint density at radius 2 is 1.50 bits per heavy atom. The molecule has 3 aromatic rings. The Morgan fingerprint density at radius 3 is 2.17 bits per heavy atom. The number of benzene rings is 3. The molecule has 0 aromatic heterocycles. The maximum absolute atomic E-state index is 13.4. The number of hydrogen-bond acceptors (Lipinski definition) is 3. The number of amides is 2. The molecule has 0 aliphatic carbocycles. The third-order valence-corrected chi connectivity index (χ3v) is 5.39. The molecule has 0 radical (unpaired) electrons. The predicted octanol–water partition coefficient (Wildman–Crippen LogP) is 5.41. The molecule has 6 heteroatoms. The molecule has 1 aliphatic rings. The van der Waals surface area contributed by atoms with E-state index in [0.717, 1.165) is 5.56 Å². The Hall–Kier alpha value is -3.08. The normalized spacial score (nSPS) is 13.9. The van der Waals surface area contributed by atoms with E-state index in [0.29, 0.717) is 39.1 Å². The minimum Gasteiger partial charge on any atom is -0.365 e. The molecule has 1 heterocycles. The molecule has 2 amide bonds. The second-order valence-electron chi connectivity index (χ2n) is 7.00. The molecule has 4 nitrogen and oxygen atoms in total. The van der Waals surface area contributed by atoms with E-state index >= 15 is 0 Å². The molecular weight excluding hydrogens is 419 g/mol. The van der Waals surface area contributed by atoms with Crippen molar-refractivity contribution in [3.8, 4) is 0 Å². The summed E-state index contributed by atoms with van der Waals surface area (Å²) in [5.41, 5.74) is 2.79. The van der Waals surface area contributed by atoms with Gasteiger partial charge in [-0.2, -0.15) is 0 Å². The van der Waals surface area contributed by atoms with E-state index in [2.05, 4.69) is 0 Å². The van der Waals surface area contributed by atoms with Gasteiger partial charge in [-0.05, 0) is 41.5 Å². The number of anilines is 1. The van der Waals surface area contributed by atoms with Gasteiger partial charge in [0.25, 0.3) is 11.8 Å². The summed E-state index contributed by atoms with van der Waals surface area (Å²) in [4.78, 5) is 29.9. The van der Waals surface area contributed by atoms with Gasteiger partial charge in [-0.15, -0.1) is 0 Å². The van der Waals surface area contributed by atoms with Gasteiger partial charge in [0.05, 0.1) is 11.3 Å². The maximum atomic E-state index is 13.4. The average molecular weight is 437 g/mol. The Morgan fingerprint density at radius 1 is 0.800 bits per heavy atom. The summed E-state index contributed by atoms with van der Waals surface area (Å²) in [5.74, 6) is -0.773. The second-order valence-corrected chi connectivity index (χ2v) is 7.87. The third kappa shape index (κ3) is 3.84. The van der Waals surface area contributed by atoms with Crippen molar-refractivity contribution in [2.45, 2.75) is 6.54 Å². The first-order valence-corrected chi connectivity index (χ1v) is 10.1. The van der Waals surface area contributed by atoms with E-state index in [-0.39, 0.29) is 11.8 Å². The highest BCUT2D eigenvalue weighted by atomic mass is 35.5. The van der Waals surface area contributed by atoms with E-state index in [1.165, 1.54) is 4.90 Å². The van der Waals surface area contributed by atoms with Crippen LogP contribution in [0, 0.1) is 0 Å². The van der Waals surface area contributed by atoms with Crippen molar-refractivity contribution in [1.82, 2.24) is 4.90 Å². The Bertz CT molecular complexity index is 1140. The van der Waals surface area contributed by atoms with E-state index < -0.39 is 0 Å². The van der Waals surface area contributed by atoms with Crippen molar-refractivity contribution in [1.29, 1.82) is 0 Å². The van der Waals surface area contributed by atoms with Crippen LogP contribution in [0.3, 0.4) is 0 Å². The summed E-state index contributed by atoms with van der Waals surface area (Å²) in [6.45, 7) is 0.482. The summed E-state index contributed by atoms with van der Waals surface area (Å²) in [6, 6.07) is 23.4. The first-order valence-electron chi connectivity index (χ1n) is 9.35. The first kappa shape index (κ1) is 20.2. The van der Waals surface area contributed by atoms with Gasteiger partial charge in [0, 0.05) is 23.6 Å². The highest BCUT2D eigenvalue weighted by Crippen LogP contribution is 2.35. The van der Waals surface area contributed by atoms with Gasteiger partial charge in [-0.3, -0.25) is 9.59 Å². The summed E-state index contributed by atoms with van der Waals surface area (Å²) in [5, 5.41) is 1.01. The van der Waals surface area contributed by atoms with Gasteiger partial charge in [0.15, 0.2) is 0 Å². The molecule has 0 spiro atoms. The van der Waals surface area contributed by atoms with Crippen LogP contribution >= 0.6 is 23.2 Å². The number of carbonyl (C=O) groups excluding carboxylic acids is 2. The zero-order valence-corrected chi connectivity index (χ0v) is 17.7. The highest BCUT2D eigenvalue weighted by Gasteiger charge is 2.41. The van der Waals surface area contributed by atoms with Gasteiger partial charge >= 0.3 is 0 Å². The maximum Gasteiger partial charge on any atom is 0.282 e. The van der Waals surface area contributed by atoms with Crippen molar-refractivity contribution in [3.63, 3.8) is 0 Å². The molecule has 4 rings (SSSR count). The molecular formula is C24H18Cl2N2O2. The quantitative estimate of drug-likeness (QED) is 0.502. The molecule has 150 valence electrons. The van der Waals surface area contributed by atoms with Crippen molar-refractivity contribution in [3.05, 3.63) is 106 Å². The van der Waals surface area contributed by atoms with Gasteiger partial charge in [0.2, 0.25) is 0 Å². The van der Waals surface area contributed by atoms with E-state index in [9.17, 15) is 9.59 Å². The molecule has 0 bridgehead atoms. The van der Waals surface area contributed by atoms with Crippen molar-refractivity contribution in [2.24, 2.45) is 0 Å². The third-order valence-electron chi connectivity index (χ3n) is 4.90. The van der Waals surface area contributed by atoms with Crippen LogP contribution in [0.4, 0.5) is 5.69 Å². The minimum atomic E-state index is -0.389. The molecule has 0 N–H and O–H groups in total. The summed E-state index contributed by atoms with van der Waals surface area (Å²) >= 11 is 12.1. The zero-order valence-electron chi connectivity index (χ0n) is 16.2. The minimum absolute atomic E-state index is 0.339. The van der Waals surface area contributed by atoms with Gasteiger partial charge in [0.1, 0.15) is 5.70 Å². The van der Waals surface area contributed by atoms with Gasteiger partial charge < -0.3 is 4.90 Å². The van der Waals surface area contributed by atoms with Crippen LogP contribution in [-0.2, 0) is 16.1 Å². The van der Waals surface area contributed by atoms with Crippen molar-refractivity contribution in [2.75, 3.05) is 11.9 Å². The highest BCUT2D eigenvalue weighted by molar-refractivity contribution is 6.45. The molecule has 0 saturated heterocycles. The lowest BCUT2D eigenvalue weighted by Crippen LogP contribution is -2.34. The lowest BCUT2D eigenvalue weighted by atomic mass is 10.0. The van der Waals surface area contributed by atoms with E-state index in [1.807, 2.05) is 42.3 Å². The predicted molar refractivity (Wildman–Crippen MR) is 120 cm³/mol. The topological polar surface area (TPSA) is 40.6 Å². The van der Waals surface area contributed by atoms with Crippen LogP contribution in [0.5, 0.6) is 0 Å². The lowest BCUT2D eigenvalue weighted by molar-refractivity contribution is -0.120. The molecule has 0 unspecified atom stereocenters. The van der Waals surface area contributed by atoms with Crippen LogP contribution in [0.2, 0.25) is 10.0 Å². The smallest absolute Gasteiger partial charge is 0.282 e. The first-order chi connectivity index (χ1) is 14.5. The number of carbonyl (C=O) groups is 2. The van der Waals surface area contributed by atoms with Crippen LogP contribution in [-0.4, -0.2) is 23.8 Å². The van der Waals surface area contributed by atoms with Crippen LogP contribution in [0.25, 0.3) is 5.57 Å². The molecule has 0 fully saturated rings. The van der Waals surface area contributed by atoms with E-state index in [1.54, 1.807) is 48.5 Å². The fourth-order valence-corrected chi connectivity index (χ4v) is 3.85.